The number of benzene rings is 1. The molecule has 1 aliphatic rings. The maximum Gasteiger partial charge on any atom is 0.414 e. The van der Waals surface area contributed by atoms with Crippen LogP contribution in [-0.4, -0.2) is 43.7 Å². The van der Waals surface area contributed by atoms with E-state index >= 15 is 0 Å². The first-order valence-electron chi connectivity index (χ1n) is 8.27. The minimum absolute atomic E-state index is 0.0271. The summed E-state index contributed by atoms with van der Waals surface area (Å²) in [6.07, 6.45) is 1.24. The Morgan fingerprint density at radius 1 is 1.44 bits per heavy atom. The van der Waals surface area contributed by atoms with Gasteiger partial charge in [-0.2, -0.15) is 0 Å². The van der Waals surface area contributed by atoms with E-state index in [0.29, 0.717) is 12.3 Å². The van der Waals surface area contributed by atoms with Crippen LogP contribution < -0.4 is 21.1 Å². The van der Waals surface area contributed by atoms with Gasteiger partial charge in [-0.15, -0.1) is 0 Å². The van der Waals surface area contributed by atoms with Gasteiger partial charge in [0.25, 0.3) is 5.91 Å². The molecule has 0 aliphatic carbocycles. The highest BCUT2D eigenvalue weighted by atomic mass is 19.1. The molecule has 1 aliphatic heterocycles. The van der Waals surface area contributed by atoms with Crippen LogP contribution in [0.4, 0.5) is 20.6 Å². The standard InChI is InChI=1S/C17H21FN4O5/c1-3-26-7-6-16(24)21-20-15-5-4-12(8-14(15)18)22-10-13(27-17(22)25)9-19-11(2)23/h4-8,13,20H,3,9-10H2,1-2H3,(H,19,23)(H,21,24)/b7-6+/t13-/m0/s1. The van der Waals surface area contributed by atoms with Crippen LogP contribution in [0.15, 0.2) is 30.5 Å². The molecule has 10 heteroatoms. The number of amides is 3. The van der Waals surface area contributed by atoms with E-state index in [-0.39, 0.29) is 24.7 Å². The quantitative estimate of drug-likeness (QED) is 0.356. The number of hydrazine groups is 1. The van der Waals surface area contributed by atoms with Crippen molar-refractivity contribution in [2.45, 2.75) is 20.0 Å². The Morgan fingerprint density at radius 3 is 2.89 bits per heavy atom. The van der Waals surface area contributed by atoms with Crippen molar-refractivity contribution in [1.82, 2.24) is 10.7 Å². The van der Waals surface area contributed by atoms with Crippen LogP contribution in [0.1, 0.15) is 13.8 Å². The van der Waals surface area contributed by atoms with Crippen molar-refractivity contribution in [3.8, 4) is 0 Å². The van der Waals surface area contributed by atoms with E-state index in [1.807, 2.05) is 0 Å². The lowest BCUT2D eigenvalue weighted by Gasteiger charge is -2.15. The number of ether oxygens (including phenoxy) is 2. The van der Waals surface area contributed by atoms with Crippen LogP contribution in [0.5, 0.6) is 0 Å². The number of rotatable bonds is 8. The minimum Gasteiger partial charge on any atom is -0.501 e. The second kappa shape index (κ2) is 9.41. The number of cyclic esters (lactones) is 1. The highest BCUT2D eigenvalue weighted by Gasteiger charge is 2.32. The predicted octanol–water partition coefficient (Wildman–Crippen LogP) is 1.28. The van der Waals surface area contributed by atoms with E-state index < -0.39 is 23.9 Å². The van der Waals surface area contributed by atoms with Gasteiger partial charge in [-0.05, 0) is 25.1 Å². The minimum atomic E-state index is -0.667. The number of carbonyl (C=O) groups excluding carboxylic acids is 3. The van der Waals surface area contributed by atoms with Crippen LogP contribution >= 0.6 is 0 Å². The molecule has 0 radical (unpaired) electrons. The highest BCUT2D eigenvalue weighted by Crippen LogP contribution is 2.25. The molecule has 0 unspecified atom stereocenters. The summed E-state index contributed by atoms with van der Waals surface area (Å²) in [5.41, 5.74) is 5.07. The third-order valence-corrected chi connectivity index (χ3v) is 3.52. The monoisotopic (exact) mass is 380 g/mol. The van der Waals surface area contributed by atoms with Crippen molar-refractivity contribution in [3.05, 3.63) is 36.4 Å². The Kier molecular flexibility index (Phi) is 6.98. The fourth-order valence-electron chi connectivity index (χ4n) is 2.25. The van der Waals surface area contributed by atoms with Crippen molar-refractivity contribution >= 4 is 29.3 Å². The van der Waals surface area contributed by atoms with Crippen LogP contribution in [0.2, 0.25) is 0 Å². The summed E-state index contributed by atoms with van der Waals surface area (Å²) in [5.74, 6) is -1.42. The first-order valence-corrected chi connectivity index (χ1v) is 8.27. The lowest BCUT2D eigenvalue weighted by atomic mass is 10.2. The average Bonchev–Trinajstić information content (AvgIpc) is 3.00. The smallest absolute Gasteiger partial charge is 0.414 e. The molecule has 3 amide bonds. The number of hydrogen-bond donors (Lipinski definition) is 3. The molecule has 3 N–H and O–H groups in total. The SMILES string of the molecule is CCO/C=C/C(=O)NNc1ccc(N2C[C@H](CNC(C)=O)OC2=O)cc1F. The molecule has 0 spiro atoms. The van der Waals surface area contributed by atoms with Gasteiger partial charge in [0.1, 0.15) is 11.9 Å². The summed E-state index contributed by atoms with van der Waals surface area (Å²) in [5, 5.41) is 2.56. The van der Waals surface area contributed by atoms with Crippen molar-refractivity contribution in [3.63, 3.8) is 0 Å². The lowest BCUT2D eigenvalue weighted by molar-refractivity contribution is -0.119. The van der Waals surface area contributed by atoms with E-state index in [0.717, 1.165) is 12.1 Å². The molecular formula is C17H21FN4O5. The first-order chi connectivity index (χ1) is 12.9. The normalized spacial score (nSPS) is 16.2. The molecule has 1 fully saturated rings. The molecule has 0 saturated carbocycles. The number of halogens is 1. The largest absolute Gasteiger partial charge is 0.501 e. The molecule has 0 bridgehead atoms. The maximum absolute atomic E-state index is 14.2. The number of anilines is 2. The zero-order chi connectivity index (χ0) is 19.8. The Bertz CT molecular complexity index is 740. The molecule has 1 atom stereocenters. The summed E-state index contributed by atoms with van der Waals surface area (Å²) in [6, 6.07) is 4.04. The van der Waals surface area contributed by atoms with Crippen molar-refractivity contribution < 1.29 is 28.2 Å². The van der Waals surface area contributed by atoms with E-state index in [2.05, 4.69) is 16.2 Å². The van der Waals surface area contributed by atoms with Crippen LogP contribution in [0, 0.1) is 5.82 Å². The lowest BCUT2D eigenvalue weighted by Crippen LogP contribution is -2.33. The zero-order valence-corrected chi connectivity index (χ0v) is 15.0. The first kappa shape index (κ1) is 20.0. The summed E-state index contributed by atoms with van der Waals surface area (Å²) in [6.45, 7) is 3.93. The van der Waals surface area contributed by atoms with Gasteiger partial charge in [0, 0.05) is 13.0 Å². The molecule has 146 valence electrons. The predicted molar refractivity (Wildman–Crippen MR) is 95.2 cm³/mol. The van der Waals surface area contributed by atoms with Crippen LogP contribution in [-0.2, 0) is 19.1 Å². The number of hydrogen-bond acceptors (Lipinski definition) is 6. The van der Waals surface area contributed by atoms with E-state index in [1.54, 1.807) is 6.92 Å². The molecule has 9 nitrogen and oxygen atoms in total. The average molecular weight is 380 g/mol. The summed E-state index contributed by atoms with van der Waals surface area (Å²) >= 11 is 0. The Labute approximate surface area is 155 Å². The second-order valence-corrected chi connectivity index (χ2v) is 5.59. The van der Waals surface area contributed by atoms with Gasteiger partial charge in [0.05, 0.1) is 37.3 Å². The van der Waals surface area contributed by atoms with Gasteiger partial charge in [-0.3, -0.25) is 25.3 Å². The molecule has 27 heavy (non-hydrogen) atoms. The third kappa shape index (κ3) is 5.87. The summed E-state index contributed by atoms with van der Waals surface area (Å²) < 4.78 is 24.3. The van der Waals surface area contributed by atoms with Gasteiger partial charge >= 0.3 is 6.09 Å². The Hall–Kier alpha value is -3.30. The van der Waals surface area contributed by atoms with E-state index in [9.17, 15) is 18.8 Å². The van der Waals surface area contributed by atoms with Gasteiger partial charge in [0.15, 0.2) is 0 Å². The number of nitrogens with one attached hydrogen (secondary N) is 3. The van der Waals surface area contributed by atoms with Gasteiger partial charge in [0.2, 0.25) is 5.91 Å². The molecule has 2 rings (SSSR count). The zero-order valence-electron chi connectivity index (χ0n) is 15.0. The molecule has 0 aromatic heterocycles. The van der Waals surface area contributed by atoms with Crippen molar-refractivity contribution in [2.24, 2.45) is 0 Å². The molecule has 1 heterocycles. The van der Waals surface area contributed by atoms with Gasteiger partial charge in [-0.25, -0.2) is 9.18 Å². The highest BCUT2D eigenvalue weighted by molar-refractivity contribution is 5.90. The second-order valence-electron chi connectivity index (χ2n) is 5.59. The molecule has 1 aromatic carbocycles. The maximum atomic E-state index is 14.2. The van der Waals surface area contributed by atoms with E-state index in [4.69, 9.17) is 9.47 Å². The summed E-state index contributed by atoms with van der Waals surface area (Å²) in [4.78, 5) is 35.7. The van der Waals surface area contributed by atoms with Crippen molar-refractivity contribution in [2.75, 3.05) is 30.0 Å². The number of nitrogens with zero attached hydrogens (tertiary/aromatic N) is 1. The third-order valence-electron chi connectivity index (χ3n) is 3.52. The number of carbonyl (C=O) groups is 3. The summed E-state index contributed by atoms with van der Waals surface area (Å²) in [7, 11) is 0. The topological polar surface area (TPSA) is 109 Å². The molecule has 1 saturated heterocycles. The van der Waals surface area contributed by atoms with Crippen molar-refractivity contribution in [1.29, 1.82) is 0 Å². The molecule has 1 aromatic rings. The van der Waals surface area contributed by atoms with Crippen LogP contribution in [0.25, 0.3) is 0 Å². The van der Waals surface area contributed by atoms with Crippen LogP contribution in [0.3, 0.4) is 0 Å². The Balaban J connectivity index is 1.95. The van der Waals surface area contributed by atoms with Gasteiger partial charge in [-0.1, -0.05) is 0 Å². The fraction of sp³-hybridized carbons (Fsp3) is 0.353. The fourth-order valence-corrected chi connectivity index (χ4v) is 2.25. The van der Waals surface area contributed by atoms with E-state index in [1.165, 1.54) is 30.2 Å². The van der Waals surface area contributed by atoms with Gasteiger partial charge < -0.3 is 14.8 Å². The Morgan fingerprint density at radius 2 is 2.22 bits per heavy atom. The molecular weight excluding hydrogens is 359 g/mol.